The Labute approximate surface area is 138 Å². The molecule has 23 heavy (non-hydrogen) atoms. The molecule has 1 saturated carbocycles. The molecule has 2 fully saturated rings. The normalized spacial score (nSPS) is 30.7. The highest BCUT2D eigenvalue weighted by molar-refractivity contribution is 5.74. The molecule has 2 aliphatic rings. The van der Waals surface area contributed by atoms with Crippen LogP contribution in [0.5, 0.6) is 5.75 Å². The van der Waals surface area contributed by atoms with Gasteiger partial charge in [-0.2, -0.15) is 0 Å². The first-order valence-electron chi connectivity index (χ1n) is 8.78. The highest BCUT2D eigenvalue weighted by atomic mass is 16.5. The van der Waals surface area contributed by atoms with Gasteiger partial charge in [-0.25, -0.2) is 0 Å². The zero-order chi connectivity index (χ0) is 16.4. The molecule has 4 nitrogen and oxygen atoms in total. The minimum absolute atomic E-state index is 0.0777. The van der Waals surface area contributed by atoms with Gasteiger partial charge in [0.05, 0.1) is 18.2 Å². The molecule has 1 aliphatic carbocycles. The zero-order valence-corrected chi connectivity index (χ0v) is 14.1. The Morgan fingerprint density at radius 2 is 2.13 bits per heavy atom. The predicted octanol–water partition coefficient (Wildman–Crippen LogP) is 3.30. The van der Waals surface area contributed by atoms with E-state index in [1.54, 1.807) is 6.92 Å². The van der Waals surface area contributed by atoms with E-state index in [1.807, 2.05) is 36.1 Å². The smallest absolute Gasteiger partial charge is 0.219 e. The molecular formula is C19H27NO3. The van der Waals surface area contributed by atoms with Crippen LogP contribution in [0.25, 0.3) is 0 Å². The first-order chi connectivity index (χ1) is 11.1. The van der Waals surface area contributed by atoms with Gasteiger partial charge in [0.1, 0.15) is 5.75 Å². The van der Waals surface area contributed by atoms with Gasteiger partial charge in [0.2, 0.25) is 5.91 Å². The number of carbonyl (C=O) groups is 1. The molecule has 0 bridgehead atoms. The van der Waals surface area contributed by atoms with Crippen molar-refractivity contribution in [2.45, 2.75) is 57.6 Å². The molecule has 1 amide bonds. The average Bonchev–Trinajstić information content (AvgIpc) is 2.54. The molecule has 1 aromatic carbocycles. The SMILES string of the molecule is CCOc1ccccc1[C@@H]1[C@H]2CCCC[C@]2(O)CCN1C(C)=O. The third kappa shape index (κ3) is 2.97. The number of likely N-dealkylation sites (tertiary alicyclic amines) is 1. The summed E-state index contributed by atoms with van der Waals surface area (Å²) >= 11 is 0. The summed E-state index contributed by atoms with van der Waals surface area (Å²) in [6.45, 7) is 4.81. The predicted molar refractivity (Wildman–Crippen MR) is 89.3 cm³/mol. The van der Waals surface area contributed by atoms with Crippen molar-refractivity contribution < 1.29 is 14.6 Å². The standard InChI is InChI=1S/C19H27NO3/c1-3-23-17-10-5-4-8-15(17)18-16-9-6-7-11-19(16,22)12-13-20(18)14(2)21/h4-5,8,10,16,18,22H,3,6-7,9,11-13H2,1-2H3/t16-,18-,19+/m1/s1. The summed E-state index contributed by atoms with van der Waals surface area (Å²) in [7, 11) is 0. The summed E-state index contributed by atoms with van der Waals surface area (Å²) < 4.78 is 5.81. The first-order valence-corrected chi connectivity index (χ1v) is 8.78. The third-order valence-corrected chi connectivity index (χ3v) is 5.51. The largest absolute Gasteiger partial charge is 0.494 e. The molecule has 1 saturated heterocycles. The number of para-hydroxylation sites is 1. The third-order valence-electron chi connectivity index (χ3n) is 5.51. The molecule has 4 heteroatoms. The number of piperidine rings is 1. The Kier molecular flexibility index (Phi) is 4.62. The highest BCUT2D eigenvalue weighted by Crippen LogP contribution is 2.50. The Balaban J connectivity index is 2.05. The molecule has 0 aromatic heterocycles. The van der Waals surface area contributed by atoms with Crippen molar-refractivity contribution >= 4 is 5.91 Å². The molecule has 1 heterocycles. The number of carbonyl (C=O) groups excluding carboxylic acids is 1. The lowest BCUT2D eigenvalue weighted by Crippen LogP contribution is -2.55. The second-order valence-corrected chi connectivity index (χ2v) is 6.83. The van der Waals surface area contributed by atoms with E-state index < -0.39 is 5.60 Å². The number of fused-ring (bicyclic) bond motifs is 1. The highest BCUT2D eigenvalue weighted by Gasteiger charge is 2.50. The monoisotopic (exact) mass is 317 g/mol. The van der Waals surface area contributed by atoms with E-state index in [0.717, 1.165) is 37.0 Å². The van der Waals surface area contributed by atoms with Gasteiger partial charge in [-0.1, -0.05) is 31.0 Å². The van der Waals surface area contributed by atoms with Gasteiger partial charge in [0.25, 0.3) is 0 Å². The van der Waals surface area contributed by atoms with Crippen LogP contribution in [0, 0.1) is 5.92 Å². The van der Waals surface area contributed by atoms with E-state index in [9.17, 15) is 9.90 Å². The fourth-order valence-electron chi connectivity index (χ4n) is 4.43. The van der Waals surface area contributed by atoms with Crippen LogP contribution >= 0.6 is 0 Å². The fourth-order valence-corrected chi connectivity index (χ4v) is 4.43. The van der Waals surface area contributed by atoms with Crippen LogP contribution in [0.1, 0.15) is 57.6 Å². The van der Waals surface area contributed by atoms with Crippen LogP contribution in [0.2, 0.25) is 0 Å². The van der Waals surface area contributed by atoms with E-state index in [1.165, 1.54) is 0 Å². The average molecular weight is 317 g/mol. The lowest BCUT2D eigenvalue weighted by Gasteiger charge is -2.52. The summed E-state index contributed by atoms with van der Waals surface area (Å²) in [5, 5.41) is 11.2. The number of benzene rings is 1. The number of aliphatic hydroxyl groups is 1. The second kappa shape index (κ2) is 6.52. The van der Waals surface area contributed by atoms with Crippen molar-refractivity contribution in [1.82, 2.24) is 4.90 Å². The molecule has 0 unspecified atom stereocenters. The van der Waals surface area contributed by atoms with Crippen LogP contribution in [0.3, 0.4) is 0 Å². The van der Waals surface area contributed by atoms with Crippen LogP contribution in [-0.2, 0) is 4.79 Å². The van der Waals surface area contributed by atoms with Crippen molar-refractivity contribution in [2.75, 3.05) is 13.2 Å². The maximum Gasteiger partial charge on any atom is 0.219 e. The van der Waals surface area contributed by atoms with E-state index in [0.29, 0.717) is 19.6 Å². The number of hydrogen-bond acceptors (Lipinski definition) is 3. The van der Waals surface area contributed by atoms with Gasteiger partial charge in [-0.05, 0) is 32.3 Å². The summed E-state index contributed by atoms with van der Waals surface area (Å²) in [6.07, 6.45) is 4.69. The summed E-state index contributed by atoms with van der Waals surface area (Å²) in [6, 6.07) is 7.88. The quantitative estimate of drug-likeness (QED) is 0.930. The molecule has 0 radical (unpaired) electrons. The lowest BCUT2D eigenvalue weighted by molar-refractivity contribution is -0.153. The minimum atomic E-state index is -0.645. The first kappa shape index (κ1) is 16.3. The summed E-state index contributed by atoms with van der Waals surface area (Å²) in [4.78, 5) is 14.2. The maximum atomic E-state index is 12.2. The molecule has 0 spiro atoms. The maximum absolute atomic E-state index is 12.2. The van der Waals surface area contributed by atoms with Gasteiger partial charge in [0.15, 0.2) is 0 Å². The summed E-state index contributed by atoms with van der Waals surface area (Å²) in [5.41, 5.74) is 0.392. The van der Waals surface area contributed by atoms with Crippen molar-refractivity contribution in [3.63, 3.8) is 0 Å². The zero-order valence-electron chi connectivity index (χ0n) is 14.1. The van der Waals surface area contributed by atoms with E-state index >= 15 is 0 Å². The van der Waals surface area contributed by atoms with Crippen LogP contribution < -0.4 is 4.74 Å². The van der Waals surface area contributed by atoms with E-state index in [2.05, 4.69) is 0 Å². The Morgan fingerprint density at radius 1 is 1.35 bits per heavy atom. The van der Waals surface area contributed by atoms with Crippen molar-refractivity contribution in [1.29, 1.82) is 0 Å². The number of hydrogen-bond donors (Lipinski definition) is 1. The molecule has 1 N–H and O–H groups in total. The van der Waals surface area contributed by atoms with Gasteiger partial charge in [-0.3, -0.25) is 4.79 Å². The lowest BCUT2D eigenvalue weighted by atomic mass is 9.66. The fraction of sp³-hybridized carbons (Fsp3) is 0.632. The Hall–Kier alpha value is -1.55. The number of ether oxygens (including phenoxy) is 1. The van der Waals surface area contributed by atoms with Crippen LogP contribution in [0.15, 0.2) is 24.3 Å². The topological polar surface area (TPSA) is 49.8 Å². The second-order valence-electron chi connectivity index (χ2n) is 6.83. The number of amides is 1. The van der Waals surface area contributed by atoms with Crippen LogP contribution in [0.4, 0.5) is 0 Å². The number of rotatable bonds is 3. The molecule has 1 aromatic rings. The summed E-state index contributed by atoms with van der Waals surface area (Å²) in [5.74, 6) is 1.01. The molecular weight excluding hydrogens is 290 g/mol. The Morgan fingerprint density at radius 3 is 2.87 bits per heavy atom. The van der Waals surface area contributed by atoms with Gasteiger partial charge in [0, 0.05) is 24.9 Å². The molecule has 126 valence electrons. The van der Waals surface area contributed by atoms with Crippen LogP contribution in [-0.4, -0.2) is 34.7 Å². The van der Waals surface area contributed by atoms with E-state index in [-0.39, 0.29) is 17.9 Å². The number of nitrogens with zero attached hydrogens (tertiary/aromatic N) is 1. The van der Waals surface area contributed by atoms with Gasteiger partial charge >= 0.3 is 0 Å². The van der Waals surface area contributed by atoms with Crippen molar-refractivity contribution in [3.05, 3.63) is 29.8 Å². The van der Waals surface area contributed by atoms with Gasteiger partial charge in [-0.15, -0.1) is 0 Å². The Bertz CT molecular complexity index is 573. The van der Waals surface area contributed by atoms with Crippen molar-refractivity contribution in [3.8, 4) is 5.75 Å². The minimum Gasteiger partial charge on any atom is -0.494 e. The molecule has 3 rings (SSSR count). The van der Waals surface area contributed by atoms with E-state index in [4.69, 9.17) is 4.74 Å². The van der Waals surface area contributed by atoms with Gasteiger partial charge < -0.3 is 14.7 Å². The molecule has 3 atom stereocenters. The molecule has 1 aliphatic heterocycles. The van der Waals surface area contributed by atoms with Crippen molar-refractivity contribution in [2.24, 2.45) is 5.92 Å².